The first-order valence-corrected chi connectivity index (χ1v) is 8.76. The Labute approximate surface area is 149 Å². The van der Waals surface area contributed by atoms with Crippen LogP contribution in [0.4, 0.5) is 4.39 Å². The van der Waals surface area contributed by atoms with Crippen molar-refractivity contribution in [2.75, 3.05) is 0 Å². The highest BCUT2D eigenvalue weighted by molar-refractivity contribution is 5.49. The van der Waals surface area contributed by atoms with Crippen LogP contribution in [0.5, 0.6) is 5.75 Å². The van der Waals surface area contributed by atoms with E-state index >= 15 is 0 Å². The van der Waals surface area contributed by atoms with Crippen molar-refractivity contribution in [1.82, 2.24) is 0 Å². The monoisotopic (exact) mass is 340 g/mol. The lowest BCUT2D eigenvalue weighted by Gasteiger charge is -2.34. The predicted octanol–water partition coefficient (Wildman–Crippen LogP) is 5.24. The second-order valence-corrected chi connectivity index (χ2v) is 7.38. The number of ether oxygens (including phenoxy) is 1. The van der Waals surface area contributed by atoms with Gasteiger partial charge in [-0.25, -0.2) is 4.39 Å². The summed E-state index contributed by atoms with van der Waals surface area (Å²) in [5, 5.41) is 10.2. The van der Waals surface area contributed by atoms with E-state index in [0.29, 0.717) is 6.61 Å². The van der Waals surface area contributed by atoms with Gasteiger partial charge in [0.15, 0.2) is 0 Å². The Morgan fingerprint density at radius 1 is 1.28 bits per heavy atom. The zero-order valence-corrected chi connectivity index (χ0v) is 14.9. The van der Waals surface area contributed by atoms with Gasteiger partial charge in [0, 0.05) is 0 Å². The number of aliphatic hydroxyl groups excluding tert-OH is 1. The van der Waals surface area contributed by atoms with Crippen molar-refractivity contribution in [3.63, 3.8) is 0 Å². The number of halogens is 1. The molecule has 0 spiro atoms. The van der Waals surface area contributed by atoms with Gasteiger partial charge in [0.2, 0.25) is 0 Å². The van der Waals surface area contributed by atoms with Gasteiger partial charge in [0.25, 0.3) is 0 Å². The first-order valence-electron chi connectivity index (χ1n) is 8.76. The summed E-state index contributed by atoms with van der Waals surface area (Å²) in [7, 11) is 0. The zero-order valence-electron chi connectivity index (χ0n) is 14.9. The fraction of sp³-hybridized carbons (Fsp3) is 0.364. The number of aliphatic hydroxyl groups is 1. The molecule has 0 saturated heterocycles. The Bertz CT molecular complexity index is 762. The van der Waals surface area contributed by atoms with Crippen LogP contribution in [0.25, 0.3) is 0 Å². The van der Waals surface area contributed by atoms with E-state index in [1.54, 1.807) is 12.1 Å². The van der Waals surface area contributed by atoms with Gasteiger partial charge in [-0.05, 0) is 65.1 Å². The van der Waals surface area contributed by atoms with Crippen LogP contribution in [0.3, 0.4) is 0 Å². The van der Waals surface area contributed by atoms with E-state index in [0.717, 1.165) is 36.1 Å². The Morgan fingerprint density at radius 3 is 2.68 bits per heavy atom. The van der Waals surface area contributed by atoms with Crippen molar-refractivity contribution in [2.24, 2.45) is 0 Å². The quantitative estimate of drug-likeness (QED) is 0.755. The minimum absolute atomic E-state index is 0.0540. The summed E-state index contributed by atoms with van der Waals surface area (Å²) in [6.45, 7) is 8.54. The number of benzene rings is 2. The van der Waals surface area contributed by atoms with Crippen molar-refractivity contribution in [2.45, 2.75) is 51.2 Å². The van der Waals surface area contributed by atoms with Crippen LogP contribution in [0.15, 0.2) is 49.1 Å². The summed E-state index contributed by atoms with van der Waals surface area (Å²) in [5.74, 6) is 0.560. The maximum absolute atomic E-state index is 13.1. The lowest BCUT2D eigenvalue weighted by molar-refractivity contribution is 0.227. The molecule has 0 bridgehead atoms. The lowest BCUT2D eigenvalue weighted by Crippen LogP contribution is -2.25. The highest BCUT2D eigenvalue weighted by Crippen LogP contribution is 2.42. The molecule has 1 aliphatic rings. The standard InChI is InChI=1S/C22H25FO2/c1-4-20(24)16-12-19-18(6-5-11-22(19,2)3)21(13-16)25-14-15-7-9-17(23)10-8-15/h4,7-10,12-13,20,24H,1,5-6,11,14H2,2-3H3. The van der Waals surface area contributed by atoms with Crippen LogP contribution in [0.1, 0.15) is 55.0 Å². The fourth-order valence-corrected chi connectivity index (χ4v) is 3.55. The van der Waals surface area contributed by atoms with Gasteiger partial charge in [-0.15, -0.1) is 6.58 Å². The Hall–Kier alpha value is -2.13. The summed E-state index contributed by atoms with van der Waals surface area (Å²) in [4.78, 5) is 0. The molecule has 0 amide bonds. The van der Waals surface area contributed by atoms with Gasteiger partial charge >= 0.3 is 0 Å². The molecule has 1 N–H and O–H groups in total. The average Bonchev–Trinajstić information content (AvgIpc) is 2.60. The SMILES string of the molecule is C=CC(O)c1cc(OCc2ccc(F)cc2)c2c(c1)C(C)(C)CCC2. The number of fused-ring (bicyclic) bond motifs is 1. The van der Waals surface area contributed by atoms with E-state index in [1.807, 2.05) is 6.07 Å². The predicted molar refractivity (Wildman–Crippen MR) is 98.3 cm³/mol. The molecule has 2 nitrogen and oxygen atoms in total. The van der Waals surface area contributed by atoms with Crippen molar-refractivity contribution >= 4 is 0 Å². The highest BCUT2D eigenvalue weighted by atomic mass is 19.1. The molecule has 0 heterocycles. The summed E-state index contributed by atoms with van der Waals surface area (Å²) in [6.07, 6.45) is 4.03. The van der Waals surface area contributed by atoms with Gasteiger partial charge < -0.3 is 9.84 Å². The molecule has 1 atom stereocenters. The van der Waals surface area contributed by atoms with E-state index < -0.39 is 6.10 Å². The van der Waals surface area contributed by atoms with Crippen molar-refractivity contribution in [1.29, 1.82) is 0 Å². The Kier molecular flexibility index (Phi) is 4.96. The molecule has 1 unspecified atom stereocenters. The van der Waals surface area contributed by atoms with Crippen LogP contribution in [0.2, 0.25) is 0 Å². The first kappa shape index (κ1) is 17.7. The molecule has 3 rings (SSSR count). The van der Waals surface area contributed by atoms with E-state index in [-0.39, 0.29) is 11.2 Å². The van der Waals surface area contributed by atoms with Crippen LogP contribution < -0.4 is 4.74 Å². The molecular formula is C22H25FO2. The summed E-state index contributed by atoms with van der Waals surface area (Å²) in [6, 6.07) is 10.3. The summed E-state index contributed by atoms with van der Waals surface area (Å²) < 4.78 is 19.2. The van der Waals surface area contributed by atoms with Crippen LogP contribution >= 0.6 is 0 Å². The summed E-state index contributed by atoms with van der Waals surface area (Å²) in [5.41, 5.74) is 4.24. The summed E-state index contributed by atoms with van der Waals surface area (Å²) >= 11 is 0. The van der Waals surface area contributed by atoms with Crippen LogP contribution in [0, 0.1) is 5.82 Å². The molecule has 132 valence electrons. The van der Waals surface area contributed by atoms with Crippen molar-refractivity contribution in [3.8, 4) is 5.75 Å². The minimum atomic E-state index is -0.712. The Morgan fingerprint density at radius 2 is 2.00 bits per heavy atom. The van der Waals surface area contributed by atoms with Crippen LogP contribution in [-0.2, 0) is 18.4 Å². The fourth-order valence-electron chi connectivity index (χ4n) is 3.55. The normalized spacial score (nSPS) is 16.8. The van der Waals surface area contributed by atoms with E-state index in [4.69, 9.17) is 4.74 Å². The maximum atomic E-state index is 13.1. The first-order chi connectivity index (χ1) is 11.9. The highest BCUT2D eigenvalue weighted by Gasteiger charge is 2.30. The third kappa shape index (κ3) is 3.77. The van der Waals surface area contributed by atoms with E-state index in [2.05, 4.69) is 26.5 Å². The second kappa shape index (κ2) is 7.01. The topological polar surface area (TPSA) is 29.5 Å². The molecule has 0 aromatic heterocycles. The van der Waals surface area contributed by atoms with Gasteiger partial charge in [-0.3, -0.25) is 0 Å². The molecule has 25 heavy (non-hydrogen) atoms. The van der Waals surface area contributed by atoms with Gasteiger partial charge in [-0.1, -0.05) is 38.1 Å². The number of hydrogen-bond donors (Lipinski definition) is 1. The Balaban J connectivity index is 1.96. The molecule has 0 fully saturated rings. The van der Waals surface area contributed by atoms with Crippen molar-refractivity contribution < 1.29 is 14.2 Å². The third-order valence-corrected chi connectivity index (χ3v) is 5.06. The number of rotatable bonds is 5. The molecule has 3 heteroatoms. The zero-order chi connectivity index (χ0) is 18.0. The van der Waals surface area contributed by atoms with E-state index in [1.165, 1.54) is 29.3 Å². The van der Waals surface area contributed by atoms with Gasteiger partial charge in [0.05, 0.1) is 6.10 Å². The van der Waals surface area contributed by atoms with Gasteiger partial charge in [-0.2, -0.15) is 0 Å². The van der Waals surface area contributed by atoms with Crippen LogP contribution in [-0.4, -0.2) is 5.11 Å². The largest absolute Gasteiger partial charge is 0.489 e. The van der Waals surface area contributed by atoms with Crippen molar-refractivity contribution in [3.05, 3.63) is 77.1 Å². The number of hydrogen-bond acceptors (Lipinski definition) is 2. The average molecular weight is 340 g/mol. The smallest absolute Gasteiger partial charge is 0.123 e. The second-order valence-electron chi connectivity index (χ2n) is 7.38. The van der Waals surface area contributed by atoms with E-state index in [9.17, 15) is 9.50 Å². The molecular weight excluding hydrogens is 315 g/mol. The lowest BCUT2D eigenvalue weighted by atomic mass is 9.72. The van der Waals surface area contributed by atoms with Gasteiger partial charge in [0.1, 0.15) is 18.2 Å². The molecule has 0 aliphatic heterocycles. The maximum Gasteiger partial charge on any atom is 0.123 e. The molecule has 2 aromatic carbocycles. The molecule has 0 saturated carbocycles. The third-order valence-electron chi connectivity index (χ3n) is 5.06. The minimum Gasteiger partial charge on any atom is -0.489 e. The molecule has 1 aliphatic carbocycles. The molecule has 2 aromatic rings. The molecule has 0 radical (unpaired) electrons.